The number of thiophene rings is 1. The first-order valence-corrected chi connectivity index (χ1v) is 23.0. The molecule has 0 radical (unpaired) electrons. The Kier molecular flexibility index (Phi) is 14.7. The van der Waals surface area contributed by atoms with E-state index >= 15 is 0 Å². The lowest BCUT2D eigenvalue weighted by Gasteiger charge is -2.42. The van der Waals surface area contributed by atoms with Crippen molar-refractivity contribution in [2.75, 3.05) is 51.6 Å². The lowest BCUT2D eigenvalue weighted by molar-refractivity contribution is -0.225. The molecule has 1 amide bonds. The number of carbonyl (C=O) groups is 2. The van der Waals surface area contributed by atoms with E-state index in [4.69, 9.17) is 16.3 Å². The second-order valence-electron chi connectivity index (χ2n) is 17.8. The van der Waals surface area contributed by atoms with E-state index in [1.807, 2.05) is 0 Å². The summed E-state index contributed by atoms with van der Waals surface area (Å²) >= 11 is 8.16. The fourth-order valence-electron chi connectivity index (χ4n) is 10.6. The number of aliphatic hydroxyl groups excluding tert-OH is 1. The summed E-state index contributed by atoms with van der Waals surface area (Å²) in [6.07, 6.45) is 5.72. The van der Waals surface area contributed by atoms with E-state index in [1.165, 1.54) is 48.4 Å². The summed E-state index contributed by atoms with van der Waals surface area (Å²) in [5.41, 5.74) is 1.63. The molecule has 0 bridgehead atoms. The molecule has 6 atom stereocenters. The Bertz CT molecular complexity index is 1740. The zero-order valence-electron chi connectivity index (χ0n) is 34.0. The number of rotatable bonds is 13. The van der Waals surface area contributed by atoms with Gasteiger partial charge in [-0.25, -0.2) is 0 Å². The smallest absolute Gasteiger partial charge is 0.386 e. The molecule has 3 N–H and O–H groups in total. The molecule has 3 saturated heterocycles. The van der Waals surface area contributed by atoms with Gasteiger partial charge in [-0.2, -0.15) is 13.2 Å². The summed E-state index contributed by atoms with van der Waals surface area (Å²) < 4.78 is 48.7. The molecule has 1 saturated carbocycles. The second kappa shape index (κ2) is 19.5. The zero-order valence-corrected chi connectivity index (χ0v) is 35.5. The molecular weight excluding hydrogens is 785 g/mol. The first-order valence-electron chi connectivity index (χ1n) is 21.8. The van der Waals surface area contributed by atoms with Crippen molar-refractivity contribution in [2.45, 2.75) is 115 Å². The van der Waals surface area contributed by atoms with E-state index in [1.54, 1.807) is 21.1 Å². The summed E-state index contributed by atoms with van der Waals surface area (Å²) in [5.74, 6) is 2.97. The molecule has 8 nitrogen and oxygen atoms in total. The maximum absolute atomic E-state index is 14.3. The van der Waals surface area contributed by atoms with Crippen LogP contribution in [-0.4, -0.2) is 85.4 Å². The lowest BCUT2D eigenvalue weighted by Crippen LogP contribution is -2.50. The van der Waals surface area contributed by atoms with Gasteiger partial charge in [0.1, 0.15) is 11.9 Å². The van der Waals surface area contributed by atoms with Crippen molar-refractivity contribution in [3.63, 3.8) is 0 Å². The van der Waals surface area contributed by atoms with Gasteiger partial charge in [-0.05, 0) is 161 Å². The Morgan fingerprint density at radius 1 is 1.09 bits per heavy atom. The predicted octanol–water partition coefficient (Wildman–Crippen LogP) is 8.74. The number of hydrogen-bond donors (Lipinski definition) is 3. The molecule has 58 heavy (non-hydrogen) atoms. The van der Waals surface area contributed by atoms with Crippen molar-refractivity contribution >= 4 is 40.3 Å². The number of piperidine rings is 2. The third-order valence-corrected chi connectivity index (χ3v) is 15.6. The molecule has 4 heterocycles. The molecule has 320 valence electrons. The minimum absolute atomic E-state index is 0.0397. The van der Waals surface area contributed by atoms with E-state index in [-0.39, 0.29) is 34.5 Å². The molecule has 1 aromatic heterocycles. The highest BCUT2D eigenvalue weighted by Gasteiger charge is 2.40. The largest absolute Gasteiger partial charge is 0.418 e. The number of hydrogen-bond acceptors (Lipinski definition) is 8. The molecule has 3 aliphatic heterocycles. The van der Waals surface area contributed by atoms with Crippen molar-refractivity contribution in [3.8, 4) is 0 Å². The summed E-state index contributed by atoms with van der Waals surface area (Å²) in [5, 5.41) is 19.7. The third-order valence-electron chi connectivity index (χ3n) is 14.2. The Labute approximate surface area is 351 Å². The highest BCUT2D eigenvalue weighted by molar-refractivity contribution is 7.10. The fourth-order valence-corrected chi connectivity index (χ4v) is 11.9. The van der Waals surface area contributed by atoms with Gasteiger partial charge in [0, 0.05) is 56.9 Å². The number of allylic oxidation sites excluding steroid dienone is 1. The average molecular weight is 848 g/mol. The number of alkyl halides is 3. The van der Waals surface area contributed by atoms with Gasteiger partial charge >= 0.3 is 6.18 Å². The SMILES string of the molecule is C=C(CC1CNCCC2CCC21)C1CCN(C(=O)[C@@H](Cc2cc(Cl)c(NC)c(C(F)(F)F)c2)OC(O)N2CCC(CCC3Cc4ccsc4CCCC3=O)CC2)CC1. The summed E-state index contributed by atoms with van der Waals surface area (Å²) in [6.45, 7) is 8.72. The number of nitrogens with zero attached hydrogens (tertiary/aromatic N) is 2. The number of amides is 1. The Morgan fingerprint density at radius 3 is 2.57 bits per heavy atom. The van der Waals surface area contributed by atoms with Crippen LogP contribution in [0.1, 0.15) is 98.6 Å². The number of carbonyl (C=O) groups excluding carboxylic acids is 2. The van der Waals surface area contributed by atoms with Crippen molar-refractivity contribution in [3.05, 3.63) is 62.3 Å². The highest BCUT2D eigenvalue weighted by Crippen LogP contribution is 2.46. The van der Waals surface area contributed by atoms with E-state index < -0.39 is 24.3 Å². The van der Waals surface area contributed by atoms with Crippen LogP contribution in [0.5, 0.6) is 0 Å². The number of benzene rings is 1. The van der Waals surface area contributed by atoms with Gasteiger partial charge in [0.05, 0.1) is 16.3 Å². The van der Waals surface area contributed by atoms with Crippen molar-refractivity contribution in [1.29, 1.82) is 0 Å². The van der Waals surface area contributed by atoms with Crippen molar-refractivity contribution in [1.82, 2.24) is 15.1 Å². The average Bonchev–Trinajstić information content (AvgIpc) is 3.57. The molecule has 13 heteroatoms. The van der Waals surface area contributed by atoms with Gasteiger partial charge in [-0.1, -0.05) is 23.8 Å². The molecule has 1 aromatic carbocycles. The van der Waals surface area contributed by atoms with Crippen LogP contribution >= 0.6 is 22.9 Å². The number of fused-ring (bicyclic) bond motifs is 2. The number of halogens is 4. The Morgan fingerprint density at radius 2 is 1.86 bits per heavy atom. The Hall–Kier alpha value is -2.48. The molecule has 2 aromatic rings. The first-order chi connectivity index (χ1) is 27.9. The maximum Gasteiger partial charge on any atom is 0.418 e. The number of likely N-dealkylation sites (tertiary alicyclic amines) is 2. The van der Waals surface area contributed by atoms with Gasteiger partial charge < -0.3 is 25.4 Å². The van der Waals surface area contributed by atoms with Gasteiger partial charge in [-0.3, -0.25) is 14.5 Å². The molecule has 4 fully saturated rings. The van der Waals surface area contributed by atoms with Gasteiger partial charge in [0.2, 0.25) is 6.41 Å². The topological polar surface area (TPSA) is 94.1 Å². The molecular formula is C45H62ClF3N4O4S. The predicted molar refractivity (Wildman–Crippen MR) is 224 cm³/mol. The second-order valence-corrected chi connectivity index (χ2v) is 19.2. The van der Waals surface area contributed by atoms with Crippen LogP contribution in [0.3, 0.4) is 0 Å². The summed E-state index contributed by atoms with van der Waals surface area (Å²) in [6, 6.07) is 4.63. The number of aliphatic hydroxyl groups is 1. The molecule has 5 aliphatic rings. The van der Waals surface area contributed by atoms with Crippen molar-refractivity contribution in [2.24, 2.45) is 35.5 Å². The number of aryl methyl sites for hydroxylation is 1. The van der Waals surface area contributed by atoms with Gasteiger partial charge in [0.25, 0.3) is 5.91 Å². The van der Waals surface area contributed by atoms with Crippen LogP contribution in [0.15, 0.2) is 35.7 Å². The molecule has 0 spiro atoms. The monoisotopic (exact) mass is 846 g/mol. The Balaban J connectivity index is 0.974. The normalized spacial score (nSPS) is 26.4. The molecule has 5 unspecified atom stereocenters. The summed E-state index contributed by atoms with van der Waals surface area (Å²) in [7, 11) is 1.39. The van der Waals surface area contributed by atoms with Crippen LogP contribution < -0.4 is 10.6 Å². The molecule has 2 aliphatic carbocycles. The van der Waals surface area contributed by atoms with E-state index in [0.29, 0.717) is 56.1 Å². The van der Waals surface area contributed by atoms with Crippen LogP contribution in [0.25, 0.3) is 0 Å². The quantitative estimate of drug-likeness (QED) is 0.137. The maximum atomic E-state index is 14.3. The van der Waals surface area contributed by atoms with Crippen LogP contribution in [-0.2, 0) is 39.8 Å². The zero-order chi connectivity index (χ0) is 41.0. The van der Waals surface area contributed by atoms with Crippen LogP contribution in [0.4, 0.5) is 18.9 Å². The van der Waals surface area contributed by atoms with Crippen molar-refractivity contribution < 1.29 is 32.6 Å². The standard InChI is InChI=1S/C45H62ClF3N4O4S/c1-28(22-35-27-51-16-10-32-8-9-36(32)35)31-13-19-52(20-14-31)43(55)40(25-30-23-37(45(47,48)49)42(50-2)38(46)24-30)57-44(56)53-17-11-29(12-18-53)6-7-33-26-34-15-21-58-41(34)5-3-4-39(33)54/h15,21,23-24,29,31-33,35-36,40,44,50-51,56H,1,3-14,16-20,22,25-27H2,2H3/t32?,33?,35?,36?,40-,44?/m1/s1. The summed E-state index contributed by atoms with van der Waals surface area (Å²) in [4.78, 5) is 32.3. The van der Waals surface area contributed by atoms with E-state index in [9.17, 15) is 27.9 Å². The minimum atomic E-state index is -4.67. The number of ether oxygens (including phenoxy) is 1. The van der Waals surface area contributed by atoms with E-state index in [2.05, 4.69) is 28.7 Å². The third kappa shape index (κ3) is 10.5. The fraction of sp³-hybridized carbons (Fsp3) is 0.689. The highest BCUT2D eigenvalue weighted by atomic mass is 35.5. The lowest BCUT2D eigenvalue weighted by atomic mass is 9.64. The minimum Gasteiger partial charge on any atom is -0.386 e. The number of anilines is 1. The first kappa shape index (κ1) is 43.6. The molecule has 7 rings (SSSR count). The van der Waals surface area contributed by atoms with E-state index in [0.717, 1.165) is 95.2 Å². The number of ketones is 1. The van der Waals surface area contributed by atoms with Crippen LogP contribution in [0.2, 0.25) is 5.02 Å². The number of nitrogens with one attached hydrogen (secondary N) is 2. The van der Waals surface area contributed by atoms with Crippen LogP contribution in [0, 0.1) is 35.5 Å². The van der Waals surface area contributed by atoms with Gasteiger partial charge in [0.15, 0.2) is 0 Å². The number of Topliss-reactive ketones (excluding diaryl/α,β-unsaturated/α-hetero) is 1. The van der Waals surface area contributed by atoms with Gasteiger partial charge in [-0.15, -0.1) is 11.3 Å².